The van der Waals surface area contributed by atoms with Gasteiger partial charge in [0.25, 0.3) is 0 Å². The highest BCUT2D eigenvalue weighted by molar-refractivity contribution is 5.74. The van der Waals surface area contributed by atoms with Crippen molar-refractivity contribution in [2.45, 2.75) is 31.7 Å². The summed E-state index contributed by atoms with van der Waals surface area (Å²) in [6.45, 7) is 3.66. The first-order chi connectivity index (χ1) is 7.70. The average Bonchev–Trinajstić information content (AvgIpc) is 2.77. The summed E-state index contributed by atoms with van der Waals surface area (Å²) in [5.74, 6) is -1.28. The van der Waals surface area contributed by atoms with E-state index in [2.05, 4.69) is 10.4 Å². The number of carboxylic acid groups (broad SMARTS) is 1. The molecular formula is C11H17N3O2. The number of carboxylic acids is 1. The van der Waals surface area contributed by atoms with Gasteiger partial charge in [0.2, 0.25) is 0 Å². The Bertz CT molecular complexity index is 369. The van der Waals surface area contributed by atoms with Gasteiger partial charge < -0.3 is 10.4 Å². The van der Waals surface area contributed by atoms with Gasteiger partial charge in [0.05, 0.1) is 17.7 Å². The monoisotopic (exact) mass is 223 g/mol. The molecule has 2 heterocycles. The lowest BCUT2D eigenvalue weighted by molar-refractivity contribution is -0.138. The van der Waals surface area contributed by atoms with Crippen LogP contribution in [-0.4, -0.2) is 33.9 Å². The largest absolute Gasteiger partial charge is 0.481 e. The Balaban J connectivity index is 2.20. The first kappa shape index (κ1) is 11.1. The lowest BCUT2D eigenvalue weighted by atomic mass is 10.0. The number of aromatic nitrogens is 2. The molecule has 1 atom stereocenters. The van der Waals surface area contributed by atoms with E-state index in [0.717, 1.165) is 31.6 Å². The summed E-state index contributed by atoms with van der Waals surface area (Å²) < 4.78 is 1.89. The van der Waals surface area contributed by atoms with Crippen LogP contribution < -0.4 is 5.32 Å². The van der Waals surface area contributed by atoms with Crippen LogP contribution in [0.2, 0.25) is 0 Å². The van der Waals surface area contributed by atoms with Gasteiger partial charge in [-0.05, 0) is 38.9 Å². The molecule has 0 amide bonds. The van der Waals surface area contributed by atoms with Crippen LogP contribution in [0.15, 0.2) is 12.3 Å². The smallest absolute Gasteiger partial charge is 0.312 e. The van der Waals surface area contributed by atoms with Crippen LogP contribution in [0.4, 0.5) is 0 Å². The molecule has 5 heteroatoms. The van der Waals surface area contributed by atoms with Crippen molar-refractivity contribution < 1.29 is 9.90 Å². The first-order valence-corrected chi connectivity index (χ1v) is 5.67. The van der Waals surface area contributed by atoms with Gasteiger partial charge in [0, 0.05) is 6.20 Å². The molecule has 5 nitrogen and oxygen atoms in total. The maximum atomic E-state index is 11.0. The molecule has 1 aliphatic rings. The number of hydrogen-bond donors (Lipinski definition) is 2. The molecule has 1 aliphatic heterocycles. The van der Waals surface area contributed by atoms with Crippen molar-refractivity contribution in [1.29, 1.82) is 0 Å². The molecule has 0 spiro atoms. The molecule has 2 N–H and O–H groups in total. The third-order valence-corrected chi connectivity index (χ3v) is 3.17. The van der Waals surface area contributed by atoms with Gasteiger partial charge in [-0.1, -0.05) is 0 Å². The van der Waals surface area contributed by atoms with E-state index in [4.69, 9.17) is 5.11 Å². The van der Waals surface area contributed by atoms with Crippen LogP contribution in [0.5, 0.6) is 0 Å². The molecule has 0 aliphatic carbocycles. The Kier molecular flexibility index (Phi) is 3.24. The molecule has 1 aromatic rings. The third kappa shape index (κ3) is 2.09. The molecule has 1 aromatic heterocycles. The molecule has 0 saturated carbocycles. The fourth-order valence-electron chi connectivity index (χ4n) is 2.15. The second-order valence-corrected chi connectivity index (χ2v) is 4.24. The molecule has 0 bridgehead atoms. The number of rotatable bonds is 3. The number of aliphatic carboxylic acids is 1. The van der Waals surface area contributed by atoms with Crippen molar-refractivity contribution in [2.24, 2.45) is 0 Å². The average molecular weight is 223 g/mol. The SMILES string of the molecule is CC(C(=O)O)c1ccnn1C1CCNCC1. The number of carbonyl (C=O) groups is 1. The van der Waals surface area contributed by atoms with E-state index in [0.29, 0.717) is 6.04 Å². The predicted molar refractivity (Wildman–Crippen MR) is 59.4 cm³/mol. The minimum atomic E-state index is -0.796. The Morgan fingerprint density at radius 3 is 2.94 bits per heavy atom. The summed E-state index contributed by atoms with van der Waals surface area (Å²) in [6.07, 6.45) is 3.72. The molecular weight excluding hydrogens is 206 g/mol. The maximum Gasteiger partial charge on any atom is 0.312 e. The molecule has 88 valence electrons. The highest BCUT2D eigenvalue weighted by atomic mass is 16.4. The van der Waals surface area contributed by atoms with Crippen LogP contribution in [-0.2, 0) is 4.79 Å². The molecule has 1 saturated heterocycles. The molecule has 0 radical (unpaired) electrons. The quantitative estimate of drug-likeness (QED) is 0.802. The van der Waals surface area contributed by atoms with Crippen LogP contribution in [0.3, 0.4) is 0 Å². The normalized spacial score (nSPS) is 19.6. The zero-order valence-corrected chi connectivity index (χ0v) is 9.39. The van der Waals surface area contributed by atoms with Crippen LogP contribution in [0.25, 0.3) is 0 Å². The summed E-state index contributed by atoms with van der Waals surface area (Å²) in [5.41, 5.74) is 0.805. The Labute approximate surface area is 94.5 Å². The van der Waals surface area contributed by atoms with Crippen molar-refractivity contribution in [1.82, 2.24) is 15.1 Å². The van der Waals surface area contributed by atoms with E-state index in [-0.39, 0.29) is 0 Å². The highest BCUT2D eigenvalue weighted by Crippen LogP contribution is 2.24. The van der Waals surface area contributed by atoms with Gasteiger partial charge in [-0.15, -0.1) is 0 Å². The van der Waals surface area contributed by atoms with E-state index < -0.39 is 11.9 Å². The molecule has 16 heavy (non-hydrogen) atoms. The minimum Gasteiger partial charge on any atom is -0.481 e. The third-order valence-electron chi connectivity index (χ3n) is 3.17. The van der Waals surface area contributed by atoms with Crippen molar-refractivity contribution in [2.75, 3.05) is 13.1 Å². The fourth-order valence-corrected chi connectivity index (χ4v) is 2.15. The second kappa shape index (κ2) is 4.65. The van der Waals surface area contributed by atoms with Crippen LogP contribution >= 0.6 is 0 Å². The maximum absolute atomic E-state index is 11.0. The van der Waals surface area contributed by atoms with Crippen molar-refractivity contribution in [3.05, 3.63) is 18.0 Å². The van der Waals surface area contributed by atoms with Crippen molar-refractivity contribution in [3.8, 4) is 0 Å². The summed E-state index contributed by atoms with van der Waals surface area (Å²) in [7, 11) is 0. The van der Waals surface area contributed by atoms with E-state index >= 15 is 0 Å². The Morgan fingerprint density at radius 1 is 1.62 bits per heavy atom. The van der Waals surface area contributed by atoms with E-state index in [1.54, 1.807) is 19.2 Å². The van der Waals surface area contributed by atoms with Gasteiger partial charge in [-0.2, -0.15) is 5.10 Å². The van der Waals surface area contributed by atoms with E-state index in [1.165, 1.54) is 0 Å². The summed E-state index contributed by atoms with van der Waals surface area (Å²) >= 11 is 0. The van der Waals surface area contributed by atoms with Gasteiger partial charge in [0.15, 0.2) is 0 Å². The van der Waals surface area contributed by atoms with E-state index in [9.17, 15) is 4.79 Å². The highest BCUT2D eigenvalue weighted by Gasteiger charge is 2.23. The predicted octanol–water partition coefficient (Wildman–Crippen LogP) is 0.996. The van der Waals surface area contributed by atoms with Gasteiger partial charge in [-0.25, -0.2) is 0 Å². The molecule has 1 unspecified atom stereocenters. The number of nitrogens with zero attached hydrogens (tertiary/aromatic N) is 2. The summed E-state index contributed by atoms with van der Waals surface area (Å²) in [5, 5.41) is 16.6. The number of nitrogens with one attached hydrogen (secondary N) is 1. The molecule has 2 rings (SSSR count). The van der Waals surface area contributed by atoms with Gasteiger partial charge in [-0.3, -0.25) is 9.48 Å². The summed E-state index contributed by atoms with van der Waals surface area (Å²) in [6, 6.07) is 2.15. The topological polar surface area (TPSA) is 67.1 Å². The van der Waals surface area contributed by atoms with Gasteiger partial charge in [0.1, 0.15) is 0 Å². The molecule has 0 aromatic carbocycles. The standard InChI is InChI=1S/C11H17N3O2/c1-8(11(15)16)10-4-7-13-14(10)9-2-5-12-6-3-9/h4,7-9,12H,2-3,5-6H2,1H3,(H,15,16). The van der Waals surface area contributed by atoms with Crippen molar-refractivity contribution >= 4 is 5.97 Å². The zero-order valence-electron chi connectivity index (χ0n) is 9.39. The lowest BCUT2D eigenvalue weighted by Gasteiger charge is -2.25. The van der Waals surface area contributed by atoms with Crippen LogP contribution in [0.1, 0.15) is 37.4 Å². The first-order valence-electron chi connectivity index (χ1n) is 5.67. The fraction of sp³-hybridized carbons (Fsp3) is 0.636. The minimum absolute atomic E-state index is 0.341. The zero-order chi connectivity index (χ0) is 11.5. The lowest BCUT2D eigenvalue weighted by Crippen LogP contribution is -2.31. The Hall–Kier alpha value is -1.36. The second-order valence-electron chi connectivity index (χ2n) is 4.24. The molecule has 1 fully saturated rings. The summed E-state index contributed by atoms with van der Waals surface area (Å²) in [4.78, 5) is 11.0. The Morgan fingerprint density at radius 2 is 2.31 bits per heavy atom. The van der Waals surface area contributed by atoms with Crippen molar-refractivity contribution in [3.63, 3.8) is 0 Å². The number of piperidine rings is 1. The van der Waals surface area contributed by atoms with Crippen LogP contribution in [0, 0.1) is 0 Å². The number of hydrogen-bond acceptors (Lipinski definition) is 3. The van der Waals surface area contributed by atoms with E-state index in [1.807, 2.05) is 4.68 Å². The van der Waals surface area contributed by atoms with Gasteiger partial charge >= 0.3 is 5.97 Å².